The third-order valence-electron chi connectivity index (χ3n) is 6.52. The highest BCUT2D eigenvalue weighted by atomic mass is 28.4. The summed E-state index contributed by atoms with van der Waals surface area (Å²) < 4.78 is 13.3. The van der Waals surface area contributed by atoms with Gasteiger partial charge < -0.3 is 8.85 Å². The van der Waals surface area contributed by atoms with E-state index in [-0.39, 0.29) is 10.1 Å². The van der Waals surface area contributed by atoms with E-state index in [9.17, 15) is 0 Å². The van der Waals surface area contributed by atoms with E-state index in [4.69, 9.17) is 8.85 Å². The van der Waals surface area contributed by atoms with Gasteiger partial charge in [0.15, 0.2) is 16.6 Å². The van der Waals surface area contributed by atoms with Crippen LogP contribution in [0.4, 0.5) is 0 Å². The average Bonchev–Trinajstić information content (AvgIpc) is 2.38. The molecular weight excluding hydrogens is 328 g/mol. The second kappa shape index (κ2) is 8.36. The van der Waals surface area contributed by atoms with Crippen LogP contribution >= 0.6 is 0 Å². The monoisotopic (exact) mass is 374 g/mol. The molecule has 0 aliphatic heterocycles. The van der Waals surface area contributed by atoms with E-state index in [2.05, 4.69) is 88.5 Å². The summed E-state index contributed by atoms with van der Waals surface area (Å²) in [6.07, 6.45) is 1.45. The van der Waals surface area contributed by atoms with E-state index in [0.29, 0.717) is 17.9 Å². The van der Waals surface area contributed by atoms with E-state index < -0.39 is 16.6 Å². The highest BCUT2D eigenvalue weighted by Gasteiger charge is 2.42. The second-order valence-electron chi connectivity index (χ2n) is 10.8. The van der Waals surface area contributed by atoms with Gasteiger partial charge in [-0.1, -0.05) is 68.7 Å². The molecule has 146 valence electrons. The first kappa shape index (κ1) is 24.4. The van der Waals surface area contributed by atoms with Gasteiger partial charge in [0, 0.05) is 12.5 Å². The summed E-state index contributed by atoms with van der Waals surface area (Å²) in [5.41, 5.74) is 0. The van der Waals surface area contributed by atoms with Crippen LogP contribution < -0.4 is 0 Å². The van der Waals surface area contributed by atoms with E-state index in [0.717, 1.165) is 13.0 Å². The standard InChI is InChI=1S/C20H46O2Si2/c1-14-16(2)18(22-24(12,13)20(7,8)9)17(3)15-21-23(10,11)19(4,5)6/h16-18H,14-15H2,1-13H3/t16-,17+,18+/m0/s1. The van der Waals surface area contributed by atoms with E-state index in [1.54, 1.807) is 0 Å². The molecule has 0 aromatic heterocycles. The molecule has 24 heavy (non-hydrogen) atoms. The molecule has 0 aliphatic rings. The summed E-state index contributed by atoms with van der Waals surface area (Å²) in [5.74, 6) is 1.00. The van der Waals surface area contributed by atoms with Gasteiger partial charge in [0.05, 0.1) is 6.10 Å². The number of hydrogen-bond donors (Lipinski definition) is 0. The molecule has 0 amide bonds. The molecule has 4 heteroatoms. The van der Waals surface area contributed by atoms with Crippen LogP contribution in [0.3, 0.4) is 0 Å². The summed E-state index contributed by atoms with van der Waals surface area (Å²) in [5, 5.41) is 0.512. The Balaban J connectivity index is 5.15. The van der Waals surface area contributed by atoms with Crippen LogP contribution in [0, 0.1) is 11.8 Å². The molecule has 0 aromatic rings. The van der Waals surface area contributed by atoms with Gasteiger partial charge >= 0.3 is 0 Å². The summed E-state index contributed by atoms with van der Waals surface area (Å²) >= 11 is 0. The number of rotatable bonds is 8. The van der Waals surface area contributed by atoms with Crippen LogP contribution in [0.25, 0.3) is 0 Å². The Bertz CT molecular complexity index is 378. The smallest absolute Gasteiger partial charge is 0.192 e. The molecule has 0 rings (SSSR count). The van der Waals surface area contributed by atoms with Gasteiger partial charge in [0.2, 0.25) is 0 Å². The van der Waals surface area contributed by atoms with Crippen molar-refractivity contribution in [2.45, 2.75) is 111 Å². The van der Waals surface area contributed by atoms with Crippen LogP contribution in [0.1, 0.15) is 68.7 Å². The fraction of sp³-hybridized carbons (Fsp3) is 1.00. The molecule has 0 radical (unpaired) electrons. The van der Waals surface area contributed by atoms with E-state index in [1.807, 2.05) is 0 Å². The van der Waals surface area contributed by atoms with Crippen LogP contribution in [0.5, 0.6) is 0 Å². The summed E-state index contributed by atoms with van der Waals surface area (Å²) in [4.78, 5) is 0. The Hall–Kier alpha value is 0.354. The maximum Gasteiger partial charge on any atom is 0.192 e. The topological polar surface area (TPSA) is 18.5 Å². The van der Waals surface area contributed by atoms with Gasteiger partial charge in [-0.05, 0) is 42.2 Å². The summed E-state index contributed by atoms with van der Waals surface area (Å²) in [6.45, 7) is 31.0. The van der Waals surface area contributed by atoms with Crippen molar-refractivity contribution in [3.63, 3.8) is 0 Å². The molecule has 2 nitrogen and oxygen atoms in total. The Morgan fingerprint density at radius 2 is 1.17 bits per heavy atom. The second-order valence-corrected chi connectivity index (χ2v) is 20.3. The molecule has 0 heterocycles. The van der Waals surface area contributed by atoms with Crippen molar-refractivity contribution < 1.29 is 8.85 Å². The average molecular weight is 375 g/mol. The molecule has 0 unspecified atom stereocenters. The van der Waals surface area contributed by atoms with Gasteiger partial charge in [0.25, 0.3) is 0 Å². The minimum absolute atomic E-state index is 0.249. The predicted molar refractivity (Wildman–Crippen MR) is 114 cm³/mol. The van der Waals surface area contributed by atoms with Crippen molar-refractivity contribution in [1.82, 2.24) is 0 Å². The largest absolute Gasteiger partial charge is 0.416 e. The normalized spacial score (nSPS) is 18.4. The Morgan fingerprint density at radius 1 is 0.750 bits per heavy atom. The highest BCUT2D eigenvalue weighted by molar-refractivity contribution is 6.74. The first-order valence-corrected chi connectivity index (χ1v) is 15.6. The summed E-state index contributed by atoms with van der Waals surface area (Å²) in [7, 11) is -3.46. The molecule has 0 saturated carbocycles. The van der Waals surface area contributed by atoms with Crippen molar-refractivity contribution >= 4 is 16.6 Å². The maximum atomic E-state index is 6.84. The van der Waals surface area contributed by atoms with Crippen molar-refractivity contribution in [3.8, 4) is 0 Å². The quantitative estimate of drug-likeness (QED) is 0.422. The van der Waals surface area contributed by atoms with Crippen molar-refractivity contribution in [2.24, 2.45) is 11.8 Å². The van der Waals surface area contributed by atoms with Crippen molar-refractivity contribution in [3.05, 3.63) is 0 Å². The zero-order chi connectivity index (χ0) is 19.6. The molecule has 0 aromatic carbocycles. The third kappa shape index (κ3) is 6.58. The Labute approximate surface area is 155 Å². The minimum Gasteiger partial charge on any atom is -0.416 e. The fourth-order valence-corrected chi connectivity index (χ4v) is 4.80. The lowest BCUT2D eigenvalue weighted by atomic mass is 9.92. The van der Waals surface area contributed by atoms with Crippen molar-refractivity contribution in [1.29, 1.82) is 0 Å². The van der Waals surface area contributed by atoms with Crippen LogP contribution in [0.15, 0.2) is 0 Å². The molecule has 0 fully saturated rings. The van der Waals surface area contributed by atoms with Crippen LogP contribution in [0.2, 0.25) is 36.3 Å². The lowest BCUT2D eigenvalue weighted by molar-refractivity contribution is 0.0470. The molecule has 0 saturated heterocycles. The van der Waals surface area contributed by atoms with Gasteiger partial charge in [0.1, 0.15) is 0 Å². The predicted octanol–water partition coefficient (Wildman–Crippen LogP) is 7.08. The van der Waals surface area contributed by atoms with Gasteiger partial charge in [-0.25, -0.2) is 0 Å². The molecule has 0 aliphatic carbocycles. The van der Waals surface area contributed by atoms with Gasteiger partial charge in [-0.2, -0.15) is 0 Å². The first-order chi connectivity index (χ1) is 10.5. The van der Waals surface area contributed by atoms with Gasteiger partial charge in [-0.15, -0.1) is 0 Å². The SMILES string of the molecule is CC[C@H](C)[C@@H](O[Si](C)(C)C(C)(C)C)[C@H](C)CO[Si](C)(C)C(C)(C)C. The zero-order valence-corrected chi connectivity index (χ0v) is 21.0. The maximum absolute atomic E-state index is 6.84. The van der Waals surface area contributed by atoms with Crippen LogP contribution in [-0.2, 0) is 8.85 Å². The Kier molecular flexibility index (Phi) is 8.49. The van der Waals surface area contributed by atoms with Gasteiger partial charge in [-0.3, -0.25) is 0 Å². The first-order valence-electron chi connectivity index (χ1n) is 9.78. The molecule has 0 bridgehead atoms. The highest BCUT2D eigenvalue weighted by Crippen LogP contribution is 2.40. The number of hydrogen-bond acceptors (Lipinski definition) is 2. The van der Waals surface area contributed by atoms with E-state index >= 15 is 0 Å². The summed E-state index contributed by atoms with van der Waals surface area (Å²) in [6, 6.07) is 0. The van der Waals surface area contributed by atoms with Crippen molar-refractivity contribution in [2.75, 3.05) is 6.61 Å². The lowest BCUT2D eigenvalue weighted by Gasteiger charge is -2.44. The van der Waals surface area contributed by atoms with E-state index in [1.165, 1.54) is 0 Å². The Morgan fingerprint density at radius 3 is 1.50 bits per heavy atom. The fourth-order valence-electron chi connectivity index (χ4n) is 2.19. The third-order valence-corrected chi connectivity index (χ3v) is 15.5. The molecule has 0 N–H and O–H groups in total. The lowest BCUT2D eigenvalue weighted by Crippen LogP contribution is -2.49. The molecule has 0 spiro atoms. The zero-order valence-electron chi connectivity index (χ0n) is 19.0. The minimum atomic E-state index is -1.77. The molecular formula is C20H46O2Si2. The molecule has 3 atom stereocenters. The van der Waals surface area contributed by atoms with Crippen LogP contribution in [-0.4, -0.2) is 29.3 Å².